The second-order valence-electron chi connectivity index (χ2n) is 3.99. The van der Waals surface area contributed by atoms with Gasteiger partial charge in [-0.05, 0) is 38.8 Å². The van der Waals surface area contributed by atoms with E-state index < -0.39 is 0 Å². The molecule has 0 aliphatic carbocycles. The van der Waals surface area contributed by atoms with E-state index in [0.717, 1.165) is 18.2 Å². The number of nitrogens with zero attached hydrogens (tertiary/aromatic N) is 2. The molecule has 2 bridgehead atoms. The zero-order valence-electron chi connectivity index (χ0n) is 7.53. The maximum Gasteiger partial charge on any atom is 0.0586 e. The van der Waals surface area contributed by atoms with Gasteiger partial charge in [-0.15, -0.1) is 0 Å². The highest BCUT2D eigenvalue weighted by molar-refractivity contribution is 5.84. The van der Waals surface area contributed by atoms with E-state index in [1.54, 1.807) is 0 Å². The maximum absolute atomic E-state index is 8.68. The predicted molar refractivity (Wildman–Crippen MR) is 47.5 cm³/mol. The zero-order valence-corrected chi connectivity index (χ0v) is 7.53. The molecule has 3 nitrogen and oxygen atoms in total. The highest BCUT2D eigenvalue weighted by Crippen LogP contribution is 2.32. The topological polar surface area (TPSA) is 35.8 Å². The lowest BCUT2D eigenvalue weighted by atomic mass is 9.77. The summed E-state index contributed by atoms with van der Waals surface area (Å²) in [5.74, 6) is 1.31. The summed E-state index contributed by atoms with van der Waals surface area (Å²) in [6.45, 7) is 5.55. The first-order chi connectivity index (χ1) is 5.81. The number of oxime groups is 1. The molecule has 3 rings (SSSR count). The second-order valence-corrected chi connectivity index (χ2v) is 3.99. The van der Waals surface area contributed by atoms with Gasteiger partial charge in [0.05, 0.1) is 5.71 Å². The molecule has 3 aliphatic rings. The molecule has 3 aliphatic heterocycles. The molecule has 12 heavy (non-hydrogen) atoms. The van der Waals surface area contributed by atoms with Gasteiger partial charge in [-0.25, -0.2) is 0 Å². The second kappa shape index (κ2) is 3.05. The quantitative estimate of drug-likeness (QED) is 0.362. The van der Waals surface area contributed by atoms with Gasteiger partial charge in [-0.1, -0.05) is 5.16 Å². The largest absolute Gasteiger partial charge is 0.411 e. The van der Waals surface area contributed by atoms with Gasteiger partial charge in [-0.3, -0.25) is 0 Å². The molecule has 0 spiro atoms. The summed E-state index contributed by atoms with van der Waals surface area (Å²) in [7, 11) is 0. The first-order valence-electron chi connectivity index (χ1n) is 4.72. The van der Waals surface area contributed by atoms with Crippen molar-refractivity contribution in [2.24, 2.45) is 17.0 Å². The third kappa shape index (κ3) is 1.22. The number of rotatable bonds is 1. The Bertz CT molecular complexity index is 195. The summed E-state index contributed by atoms with van der Waals surface area (Å²) in [5, 5.41) is 12.0. The summed E-state index contributed by atoms with van der Waals surface area (Å²) >= 11 is 0. The summed E-state index contributed by atoms with van der Waals surface area (Å²) in [6, 6.07) is 0. The van der Waals surface area contributed by atoms with E-state index in [1.807, 2.05) is 6.92 Å². The first kappa shape index (κ1) is 8.05. The van der Waals surface area contributed by atoms with Crippen molar-refractivity contribution in [3.8, 4) is 0 Å². The van der Waals surface area contributed by atoms with Gasteiger partial charge in [0.25, 0.3) is 0 Å². The monoisotopic (exact) mass is 168 g/mol. The van der Waals surface area contributed by atoms with Crippen molar-refractivity contribution in [2.75, 3.05) is 19.6 Å². The minimum absolute atomic E-state index is 0.525. The van der Waals surface area contributed by atoms with E-state index in [0.29, 0.717) is 5.92 Å². The normalized spacial score (nSPS) is 41.8. The molecule has 1 N–H and O–H groups in total. The van der Waals surface area contributed by atoms with Gasteiger partial charge in [0.2, 0.25) is 0 Å². The number of fused-ring (bicyclic) bond motifs is 3. The molecule has 3 saturated heterocycles. The lowest BCUT2D eigenvalue weighted by Gasteiger charge is -2.44. The van der Waals surface area contributed by atoms with Crippen LogP contribution in [0, 0.1) is 11.8 Å². The minimum Gasteiger partial charge on any atom is -0.411 e. The highest BCUT2D eigenvalue weighted by atomic mass is 16.4. The van der Waals surface area contributed by atoms with Crippen molar-refractivity contribution in [1.29, 1.82) is 0 Å². The summed E-state index contributed by atoms with van der Waals surface area (Å²) in [4.78, 5) is 2.47. The fourth-order valence-corrected chi connectivity index (χ4v) is 2.51. The number of hydrogen-bond acceptors (Lipinski definition) is 3. The van der Waals surface area contributed by atoms with Gasteiger partial charge in [0, 0.05) is 12.5 Å². The molecule has 68 valence electrons. The Morgan fingerprint density at radius 2 is 2.08 bits per heavy atom. The Kier molecular flexibility index (Phi) is 2.05. The van der Waals surface area contributed by atoms with Gasteiger partial charge in [-0.2, -0.15) is 0 Å². The molecule has 3 heteroatoms. The lowest BCUT2D eigenvalue weighted by molar-refractivity contribution is 0.0802. The summed E-state index contributed by atoms with van der Waals surface area (Å²) < 4.78 is 0. The van der Waals surface area contributed by atoms with Crippen molar-refractivity contribution in [2.45, 2.75) is 19.8 Å². The fraction of sp³-hybridized carbons (Fsp3) is 0.889. The van der Waals surface area contributed by atoms with Gasteiger partial charge >= 0.3 is 0 Å². The molecule has 3 fully saturated rings. The summed E-state index contributed by atoms with van der Waals surface area (Å²) in [5.41, 5.74) is 0.921. The van der Waals surface area contributed by atoms with Crippen LogP contribution in [0.25, 0.3) is 0 Å². The Hall–Kier alpha value is -0.570. The Balaban J connectivity index is 2.08. The van der Waals surface area contributed by atoms with Crippen molar-refractivity contribution < 1.29 is 5.21 Å². The van der Waals surface area contributed by atoms with Crippen LogP contribution in [-0.4, -0.2) is 35.5 Å². The molecule has 0 radical (unpaired) electrons. The van der Waals surface area contributed by atoms with Crippen molar-refractivity contribution in [3.63, 3.8) is 0 Å². The Labute approximate surface area is 73.1 Å². The smallest absolute Gasteiger partial charge is 0.0586 e. The van der Waals surface area contributed by atoms with Gasteiger partial charge < -0.3 is 10.1 Å². The van der Waals surface area contributed by atoms with Crippen molar-refractivity contribution in [1.82, 2.24) is 4.90 Å². The molecule has 0 saturated carbocycles. The third-order valence-electron chi connectivity index (χ3n) is 3.35. The van der Waals surface area contributed by atoms with E-state index in [4.69, 9.17) is 5.21 Å². The molecule has 0 unspecified atom stereocenters. The number of piperidine rings is 3. The third-order valence-corrected chi connectivity index (χ3v) is 3.35. The first-order valence-corrected chi connectivity index (χ1v) is 4.72. The number of hydrogen-bond donors (Lipinski definition) is 1. The molecular weight excluding hydrogens is 152 g/mol. The van der Waals surface area contributed by atoms with Crippen molar-refractivity contribution in [3.05, 3.63) is 0 Å². The molecule has 3 heterocycles. The highest BCUT2D eigenvalue weighted by Gasteiger charge is 2.35. The van der Waals surface area contributed by atoms with E-state index in [-0.39, 0.29) is 0 Å². The summed E-state index contributed by atoms with van der Waals surface area (Å²) in [6.07, 6.45) is 2.58. The van der Waals surface area contributed by atoms with E-state index >= 15 is 0 Å². The SMILES string of the molecule is CC(=NO)[C@@H]1CN2CCC1CC2. The van der Waals surface area contributed by atoms with Crippen LogP contribution in [0.1, 0.15) is 19.8 Å². The van der Waals surface area contributed by atoms with E-state index in [9.17, 15) is 0 Å². The predicted octanol–water partition coefficient (Wildman–Crippen LogP) is 1.18. The average Bonchev–Trinajstić information content (AvgIpc) is 2.18. The van der Waals surface area contributed by atoms with Gasteiger partial charge in [0.15, 0.2) is 0 Å². The van der Waals surface area contributed by atoms with Crippen LogP contribution in [-0.2, 0) is 0 Å². The lowest BCUT2D eigenvalue weighted by Crippen LogP contribution is -2.49. The zero-order chi connectivity index (χ0) is 8.55. The standard InChI is InChI=1S/C9H16N2O/c1-7(10-12)9-6-11-4-2-8(9)3-5-11/h8-9,12H,2-6H2,1H3/t9-/m0/s1. The van der Waals surface area contributed by atoms with E-state index in [1.165, 1.54) is 25.9 Å². The van der Waals surface area contributed by atoms with Crippen molar-refractivity contribution >= 4 is 5.71 Å². The van der Waals surface area contributed by atoms with Crippen LogP contribution in [0.3, 0.4) is 0 Å². The average molecular weight is 168 g/mol. The van der Waals surface area contributed by atoms with Crippen LogP contribution in [0.15, 0.2) is 5.16 Å². The van der Waals surface area contributed by atoms with Crippen LogP contribution < -0.4 is 0 Å². The molecule has 0 aromatic carbocycles. The van der Waals surface area contributed by atoms with Crippen LogP contribution >= 0.6 is 0 Å². The Morgan fingerprint density at radius 3 is 2.50 bits per heavy atom. The maximum atomic E-state index is 8.68. The molecule has 0 aromatic rings. The minimum atomic E-state index is 0.525. The molecule has 0 aromatic heterocycles. The van der Waals surface area contributed by atoms with Crippen LogP contribution in [0.4, 0.5) is 0 Å². The van der Waals surface area contributed by atoms with E-state index in [2.05, 4.69) is 10.1 Å². The van der Waals surface area contributed by atoms with Gasteiger partial charge in [0.1, 0.15) is 0 Å². The van der Waals surface area contributed by atoms with Crippen LogP contribution in [0.2, 0.25) is 0 Å². The Morgan fingerprint density at radius 1 is 1.42 bits per heavy atom. The molecule has 0 amide bonds. The fourth-order valence-electron chi connectivity index (χ4n) is 2.51. The van der Waals surface area contributed by atoms with Crippen LogP contribution in [0.5, 0.6) is 0 Å². The molecule has 1 atom stereocenters. The molecular formula is C9H16N2O.